The van der Waals surface area contributed by atoms with Crippen LogP contribution in [-0.4, -0.2) is 181 Å². The number of anilines is 5. The van der Waals surface area contributed by atoms with Crippen LogP contribution in [0.5, 0.6) is 5.88 Å². The molecule has 0 saturated carbocycles. The number of nitrogens with one attached hydrogen (secondary N) is 1. The SMILES string of the molecule is CN1CCN(CCOc2nc(-c3cc(Cl)c4ncccc4c3)c(-c3ccn(C)n3)nc2N)CC1.Cc1ccn(-c2nc(NCc3ccccc3)cnc2-c2cc(Cl)c3ncccc3c2)n1.Cc1nnc(-c2nc(N)cnc2-c2cc(Cl)c3ncccc3c2)o1.Cc1nnc(-c2nc(N)cnc2-c2cc(Cl)c3ncccc3c2)s1.Cn1ccc(-c2nc(N)cnc2-c2cc(Cl)c3ncoc3c2)n1. The summed E-state index contributed by atoms with van der Waals surface area (Å²) >= 11 is 33.5. The molecule has 15 aromatic heterocycles. The van der Waals surface area contributed by atoms with E-state index in [-0.39, 0.29) is 17.5 Å². The van der Waals surface area contributed by atoms with E-state index in [4.69, 9.17) is 109 Å². The lowest BCUT2D eigenvalue weighted by Crippen LogP contribution is -2.45. The topological polar surface area (TPSA) is 456 Å². The summed E-state index contributed by atoms with van der Waals surface area (Å²) in [5, 5.41) is 40.7. The molecule has 678 valence electrons. The zero-order valence-corrected chi connectivity index (χ0v) is 77.9. The number of oxazole rings is 1. The Labute approximate surface area is 804 Å². The van der Waals surface area contributed by atoms with Gasteiger partial charge in [-0.2, -0.15) is 15.3 Å². The Kier molecular flexibility index (Phi) is 27.0. The number of nitrogen functional groups attached to an aromatic ring is 4. The van der Waals surface area contributed by atoms with Crippen molar-refractivity contribution in [3.63, 3.8) is 0 Å². The molecule has 1 saturated heterocycles. The van der Waals surface area contributed by atoms with E-state index in [9.17, 15) is 0 Å². The van der Waals surface area contributed by atoms with E-state index >= 15 is 0 Å². The predicted octanol–water partition coefficient (Wildman–Crippen LogP) is 18.4. The lowest BCUT2D eigenvalue weighted by atomic mass is 10.0. The number of hydrogen-bond acceptors (Lipinski definition) is 33. The smallest absolute Gasteiger partial charge is 0.268 e. The summed E-state index contributed by atoms with van der Waals surface area (Å²) in [4.78, 5) is 71.5. The van der Waals surface area contributed by atoms with Crippen LogP contribution in [0.2, 0.25) is 25.1 Å². The number of aromatic nitrogens is 25. The molecule has 0 spiro atoms. The largest absolute Gasteiger partial charge is 0.474 e. The molecule has 0 unspecified atom stereocenters. The second kappa shape index (κ2) is 40.4. The van der Waals surface area contributed by atoms with Gasteiger partial charge in [0.05, 0.1) is 89.0 Å². The number of nitrogens with two attached hydrogens (primary N) is 4. The molecule has 0 atom stereocenters. The van der Waals surface area contributed by atoms with Gasteiger partial charge in [0.25, 0.3) is 11.8 Å². The van der Waals surface area contributed by atoms with Crippen molar-refractivity contribution >= 4 is 153 Å². The van der Waals surface area contributed by atoms with Crippen molar-refractivity contribution in [3.8, 4) is 113 Å². The molecule has 0 amide bonds. The number of pyridine rings is 4. The standard InChI is InChI=1S/C24H27ClN8O.C24H19ClN6.C16H11ClN6O.C16H11ClN6S.C15H11ClN6O/c1-31-8-10-33(11-9-31)12-13-34-24-23(26)28-22(19-5-7-32(2)30-19)21(29-24)17-14-16-4-3-6-27-20(16)18(25)15-17;1-16-9-11-31(30-16)24-23(19-12-18-8-5-10-26-22(18)20(25)13-19)28-15-21(29-24)27-14-17-6-3-2-4-7-17;2*1-8-22-23-16(24-8)15-14(20-7-12(18)21-15)10-5-9-3-2-4-19-13(9)11(17)6-10;1-22-3-2-10(21-22)15-13(18-6-12(17)20-15)8-4-9(16)14-11(5-8)23-7-19-14/h3-7,14-15H,8-13H2,1-2H3,(H2,26,28);2-13,15H,14H2,1H3,(H,27,29);2*2-7H,1H3,(H2,18,21);2-7H,1H3,(H2,17,20). The maximum atomic E-state index is 6.57. The minimum atomic E-state index is 0.233. The van der Waals surface area contributed by atoms with Gasteiger partial charge in [-0.05, 0) is 130 Å². The van der Waals surface area contributed by atoms with E-state index in [1.807, 2.05) is 180 Å². The molecule has 22 rings (SSSR count). The molecule has 136 heavy (non-hydrogen) atoms. The number of hydrogen-bond donors (Lipinski definition) is 5. The van der Waals surface area contributed by atoms with Crippen molar-refractivity contribution in [1.82, 2.24) is 134 Å². The summed E-state index contributed by atoms with van der Waals surface area (Å²) in [6.07, 6.45) is 20.0. The maximum absolute atomic E-state index is 6.57. The Bertz CT molecular complexity index is 7800. The van der Waals surface area contributed by atoms with Crippen molar-refractivity contribution in [2.75, 3.05) is 74.6 Å². The molecule has 1 aliphatic rings. The Morgan fingerprint density at radius 3 is 1.43 bits per heavy atom. The average molecular weight is 1930 g/mol. The number of rotatable bonds is 17. The van der Waals surface area contributed by atoms with Crippen molar-refractivity contribution in [2.45, 2.75) is 27.3 Å². The van der Waals surface area contributed by atoms with Gasteiger partial charge in [0.1, 0.15) is 86.0 Å². The highest BCUT2D eigenvalue weighted by molar-refractivity contribution is 7.14. The molecule has 6 aromatic carbocycles. The Balaban J connectivity index is 0.000000114. The van der Waals surface area contributed by atoms with Crippen molar-refractivity contribution in [3.05, 3.63) is 280 Å². The number of fused-ring (bicyclic) bond motifs is 5. The van der Waals surface area contributed by atoms with Crippen molar-refractivity contribution < 1.29 is 13.6 Å². The highest BCUT2D eigenvalue weighted by atomic mass is 35.5. The molecule has 16 heterocycles. The van der Waals surface area contributed by atoms with E-state index < -0.39 is 0 Å². The van der Waals surface area contributed by atoms with Crippen LogP contribution in [0.4, 0.5) is 29.1 Å². The zero-order chi connectivity index (χ0) is 94.2. The van der Waals surface area contributed by atoms with Crippen LogP contribution < -0.4 is 33.0 Å². The van der Waals surface area contributed by atoms with Crippen LogP contribution in [0.15, 0.2) is 241 Å². The normalized spacial score (nSPS) is 12.1. The molecule has 21 aromatic rings. The number of halogens is 5. The van der Waals surface area contributed by atoms with E-state index in [1.54, 1.807) is 64.1 Å². The molecule has 0 bridgehead atoms. The second-order valence-electron chi connectivity index (χ2n) is 31.0. The molecule has 1 fully saturated rings. The Morgan fingerprint density at radius 1 is 0.434 bits per heavy atom. The summed E-state index contributed by atoms with van der Waals surface area (Å²) in [5.41, 5.74) is 40.5. The van der Waals surface area contributed by atoms with Crippen LogP contribution in [0, 0.1) is 20.8 Å². The first kappa shape index (κ1) is 90.9. The fraction of sp³-hybridized carbons (Fsp3) is 0.137. The van der Waals surface area contributed by atoms with Crippen LogP contribution in [0.3, 0.4) is 0 Å². The molecule has 1 aliphatic heterocycles. The molecule has 9 N–H and O–H groups in total. The molecule has 35 nitrogen and oxygen atoms in total. The van der Waals surface area contributed by atoms with Gasteiger partial charge >= 0.3 is 0 Å². The number of nitrogens with zero attached hydrogens (tertiary/aromatic N) is 27. The van der Waals surface area contributed by atoms with Gasteiger partial charge in [-0.15, -0.1) is 20.4 Å². The first-order chi connectivity index (χ1) is 66.0. The molecular weight excluding hydrogens is 1850 g/mol. The van der Waals surface area contributed by atoms with Gasteiger partial charge in [0.15, 0.2) is 34.3 Å². The molecular formula is C95H79Cl5N32O3S. The zero-order valence-electron chi connectivity index (χ0n) is 73.3. The van der Waals surface area contributed by atoms with Gasteiger partial charge in [-0.1, -0.05) is 124 Å². The van der Waals surface area contributed by atoms with E-state index in [0.29, 0.717) is 152 Å². The number of piperazine rings is 1. The van der Waals surface area contributed by atoms with Gasteiger partial charge in [0, 0.05) is 153 Å². The highest BCUT2D eigenvalue weighted by Gasteiger charge is 2.26. The third kappa shape index (κ3) is 20.7. The van der Waals surface area contributed by atoms with Crippen molar-refractivity contribution in [2.24, 2.45) is 14.1 Å². The lowest BCUT2D eigenvalue weighted by Gasteiger charge is -2.32. The van der Waals surface area contributed by atoms with Crippen molar-refractivity contribution in [1.29, 1.82) is 0 Å². The third-order valence-corrected chi connectivity index (χ3v) is 23.6. The first-order valence-electron chi connectivity index (χ1n) is 42.1. The molecule has 0 aliphatic carbocycles. The first-order valence-corrected chi connectivity index (χ1v) is 44.8. The number of likely N-dealkylation sites (N-methyl/N-ethyl adjacent to an activating group) is 1. The van der Waals surface area contributed by atoms with Crippen LogP contribution in [0.1, 0.15) is 22.2 Å². The summed E-state index contributed by atoms with van der Waals surface area (Å²) < 4.78 is 22.0. The fourth-order valence-electron chi connectivity index (χ4n) is 14.8. The van der Waals surface area contributed by atoms with Gasteiger partial charge < -0.3 is 46.7 Å². The lowest BCUT2D eigenvalue weighted by molar-refractivity contribution is 0.132. The molecule has 41 heteroatoms. The Morgan fingerprint density at radius 2 is 0.926 bits per heavy atom. The summed E-state index contributed by atoms with van der Waals surface area (Å²) in [7, 11) is 5.83. The second-order valence-corrected chi connectivity index (χ2v) is 34.3. The summed E-state index contributed by atoms with van der Waals surface area (Å²) in [6, 6.07) is 50.0. The van der Waals surface area contributed by atoms with E-state index in [2.05, 4.69) is 130 Å². The number of benzene rings is 6. The van der Waals surface area contributed by atoms with Crippen LogP contribution in [-0.2, 0) is 20.6 Å². The van der Waals surface area contributed by atoms with E-state index in [0.717, 1.165) is 115 Å². The summed E-state index contributed by atoms with van der Waals surface area (Å²) in [6.45, 7) is 11.6. The van der Waals surface area contributed by atoms with Gasteiger partial charge in [-0.3, -0.25) is 44.2 Å². The van der Waals surface area contributed by atoms with Crippen LogP contribution in [0.25, 0.3) is 162 Å². The number of ether oxygens (including phenoxy) is 1. The quantitative estimate of drug-likeness (QED) is 0.0565. The van der Waals surface area contributed by atoms with Gasteiger partial charge in [-0.25, -0.2) is 49.5 Å². The molecule has 0 radical (unpaired) electrons. The minimum absolute atomic E-state index is 0.233. The third-order valence-electron chi connectivity index (χ3n) is 21.3. The van der Waals surface area contributed by atoms with E-state index in [1.165, 1.54) is 41.9 Å². The maximum Gasteiger partial charge on any atom is 0.268 e. The minimum Gasteiger partial charge on any atom is -0.474 e. The fourth-order valence-corrected chi connectivity index (χ4v) is 16.8. The predicted molar refractivity (Wildman–Crippen MR) is 530 cm³/mol. The number of aryl methyl sites for hydroxylation is 5. The highest BCUT2D eigenvalue weighted by Crippen LogP contribution is 2.41. The van der Waals surface area contributed by atoms with Crippen LogP contribution >= 0.6 is 69.3 Å². The average Bonchev–Trinajstić information content (AvgIpc) is 1.45. The Hall–Kier alpha value is -15.7. The van der Waals surface area contributed by atoms with Gasteiger partial charge in [0.2, 0.25) is 5.89 Å². The summed E-state index contributed by atoms with van der Waals surface area (Å²) in [5.74, 6) is 3.44. The monoisotopic (exact) mass is 1920 g/mol.